The zero-order valence-corrected chi connectivity index (χ0v) is 13.2. The molecule has 1 aromatic heterocycles. The van der Waals surface area contributed by atoms with Gasteiger partial charge in [0.2, 0.25) is 0 Å². The monoisotopic (exact) mass is 332 g/mol. The van der Waals surface area contributed by atoms with E-state index in [0.29, 0.717) is 15.2 Å². The first-order valence-corrected chi connectivity index (χ1v) is 8.03. The molecule has 0 fully saturated rings. The van der Waals surface area contributed by atoms with Gasteiger partial charge in [0, 0.05) is 16.9 Å². The van der Waals surface area contributed by atoms with Gasteiger partial charge in [0.25, 0.3) is 0 Å². The van der Waals surface area contributed by atoms with Crippen molar-refractivity contribution in [3.8, 4) is 22.4 Å². The minimum atomic E-state index is 0.572. The number of nitrogens with two attached hydrogens (primary N) is 1. The highest BCUT2D eigenvalue weighted by Gasteiger charge is 2.23. The van der Waals surface area contributed by atoms with Crippen molar-refractivity contribution in [3.63, 3.8) is 0 Å². The summed E-state index contributed by atoms with van der Waals surface area (Å²) in [6.07, 6.45) is 0.898. The first-order chi connectivity index (χ1) is 10.1. The molecule has 1 aliphatic carbocycles. The first-order valence-electron chi connectivity index (χ1n) is 6.46. The van der Waals surface area contributed by atoms with Crippen LogP contribution in [0, 0.1) is 0 Å². The summed E-state index contributed by atoms with van der Waals surface area (Å²) in [7, 11) is 0. The summed E-state index contributed by atoms with van der Waals surface area (Å²) < 4.78 is 0. The number of rotatable bonds is 1. The Balaban J connectivity index is 1.80. The third-order valence-corrected chi connectivity index (χ3v) is 5.30. The number of nitrogen functional groups attached to an aromatic ring is 1. The minimum absolute atomic E-state index is 0.572. The number of thiazole rings is 1. The second kappa shape index (κ2) is 4.73. The van der Waals surface area contributed by atoms with E-state index >= 15 is 0 Å². The Morgan fingerprint density at radius 3 is 2.57 bits per heavy atom. The fourth-order valence-electron chi connectivity index (χ4n) is 2.70. The van der Waals surface area contributed by atoms with E-state index in [-0.39, 0.29) is 0 Å². The average Bonchev–Trinajstić information content (AvgIpc) is 2.97. The number of anilines is 1. The number of aromatic nitrogens is 1. The molecule has 4 rings (SSSR count). The first kappa shape index (κ1) is 13.1. The van der Waals surface area contributed by atoms with Crippen LogP contribution in [0.3, 0.4) is 0 Å². The lowest BCUT2D eigenvalue weighted by molar-refractivity contribution is 1.31. The van der Waals surface area contributed by atoms with Gasteiger partial charge in [0.1, 0.15) is 0 Å². The molecule has 21 heavy (non-hydrogen) atoms. The van der Waals surface area contributed by atoms with E-state index in [9.17, 15) is 0 Å². The van der Waals surface area contributed by atoms with Gasteiger partial charge >= 0.3 is 0 Å². The molecular weight excluding hydrogens is 323 g/mol. The molecule has 0 amide bonds. The van der Waals surface area contributed by atoms with Gasteiger partial charge in [-0.05, 0) is 28.8 Å². The van der Waals surface area contributed by atoms with Gasteiger partial charge in [0.15, 0.2) is 5.13 Å². The van der Waals surface area contributed by atoms with Gasteiger partial charge in [-0.15, -0.1) is 11.3 Å². The maximum Gasteiger partial charge on any atom is 0.180 e. The molecule has 2 N–H and O–H groups in total. The molecule has 0 unspecified atom stereocenters. The van der Waals surface area contributed by atoms with Gasteiger partial charge in [-0.1, -0.05) is 47.5 Å². The summed E-state index contributed by atoms with van der Waals surface area (Å²) >= 11 is 13.6. The SMILES string of the molecule is Nc1nc2c(s1)Cc1cc(-c3ccc(Cl)c(Cl)c3)ccc1-2. The number of nitrogens with zero attached hydrogens (tertiary/aromatic N) is 1. The summed E-state index contributed by atoms with van der Waals surface area (Å²) in [5.41, 5.74) is 11.5. The van der Waals surface area contributed by atoms with E-state index in [2.05, 4.69) is 23.2 Å². The van der Waals surface area contributed by atoms with E-state index in [1.54, 1.807) is 11.3 Å². The zero-order chi connectivity index (χ0) is 14.6. The molecule has 5 heteroatoms. The molecule has 0 radical (unpaired) electrons. The molecule has 0 aliphatic heterocycles. The molecule has 0 saturated carbocycles. The van der Waals surface area contributed by atoms with Crippen molar-refractivity contribution >= 4 is 39.7 Å². The van der Waals surface area contributed by atoms with E-state index in [0.717, 1.165) is 23.2 Å². The van der Waals surface area contributed by atoms with Gasteiger partial charge < -0.3 is 5.73 Å². The smallest absolute Gasteiger partial charge is 0.180 e. The van der Waals surface area contributed by atoms with Gasteiger partial charge in [-0.3, -0.25) is 0 Å². The second-order valence-corrected chi connectivity index (χ2v) is 6.93. The summed E-state index contributed by atoms with van der Waals surface area (Å²) in [4.78, 5) is 5.66. The number of fused-ring (bicyclic) bond motifs is 3. The fourth-order valence-corrected chi connectivity index (χ4v) is 3.87. The van der Waals surface area contributed by atoms with E-state index in [1.807, 2.05) is 18.2 Å². The summed E-state index contributed by atoms with van der Waals surface area (Å²) in [5, 5.41) is 1.78. The summed E-state index contributed by atoms with van der Waals surface area (Å²) in [6, 6.07) is 12.1. The Bertz CT molecular complexity index is 871. The van der Waals surface area contributed by atoms with E-state index < -0.39 is 0 Å². The standard InChI is InChI=1S/C16H10Cl2N2S/c17-12-4-2-9(6-13(12)18)8-1-3-11-10(5-8)7-14-15(11)20-16(19)21-14/h1-6H,7H2,(H2,19,20). The molecule has 0 saturated heterocycles. The van der Waals surface area contributed by atoms with Crippen LogP contribution in [-0.4, -0.2) is 4.98 Å². The highest BCUT2D eigenvalue weighted by molar-refractivity contribution is 7.15. The Morgan fingerprint density at radius 2 is 1.76 bits per heavy atom. The molecule has 0 atom stereocenters. The topological polar surface area (TPSA) is 38.9 Å². The van der Waals surface area contributed by atoms with Crippen LogP contribution in [-0.2, 0) is 6.42 Å². The predicted octanol–water partition coefficient (Wildman–Crippen LogP) is 5.27. The van der Waals surface area contributed by atoms with Crippen molar-refractivity contribution in [1.29, 1.82) is 0 Å². The Morgan fingerprint density at radius 1 is 1.00 bits per heavy atom. The lowest BCUT2D eigenvalue weighted by atomic mass is 10.0. The minimum Gasteiger partial charge on any atom is -0.375 e. The van der Waals surface area contributed by atoms with Crippen LogP contribution in [0.5, 0.6) is 0 Å². The molecule has 2 aromatic carbocycles. The van der Waals surface area contributed by atoms with E-state index in [4.69, 9.17) is 28.9 Å². The summed E-state index contributed by atoms with van der Waals surface area (Å²) in [6.45, 7) is 0. The summed E-state index contributed by atoms with van der Waals surface area (Å²) in [5.74, 6) is 0. The number of hydrogen-bond acceptors (Lipinski definition) is 3. The molecule has 2 nitrogen and oxygen atoms in total. The van der Waals surface area contributed by atoms with Crippen LogP contribution in [0.1, 0.15) is 10.4 Å². The van der Waals surface area contributed by atoms with Crippen molar-refractivity contribution in [2.75, 3.05) is 5.73 Å². The highest BCUT2D eigenvalue weighted by Crippen LogP contribution is 2.42. The third kappa shape index (κ3) is 2.13. The molecule has 1 heterocycles. The van der Waals surface area contributed by atoms with Gasteiger partial charge in [0.05, 0.1) is 15.7 Å². The molecule has 104 valence electrons. The van der Waals surface area contributed by atoms with Crippen molar-refractivity contribution in [1.82, 2.24) is 4.98 Å². The van der Waals surface area contributed by atoms with Crippen LogP contribution in [0.4, 0.5) is 5.13 Å². The van der Waals surface area contributed by atoms with Crippen molar-refractivity contribution in [2.45, 2.75) is 6.42 Å². The van der Waals surface area contributed by atoms with Gasteiger partial charge in [-0.2, -0.15) is 0 Å². The van der Waals surface area contributed by atoms with Crippen LogP contribution in [0.15, 0.2) is 36.4 Å². The lowest BCUT2D eigenvalue weighted by Crippen LogP contribution is -1.86. The lowest BCUT2D eigenvalue weighted by Gasteiger charge is -2.06. The normalized spacial score (nSPS) is 12.3. The quantitative estimate of drug-likeness (QED) is 0.515. The van der Waals surface area contributed by atoms with E-state index in [1.165, 1.54) is 16.0 Å². The van der Waals surface area contributed by atoms with Crippen LogP contribution in [0.2, 0.25) is 10.0 Å². The number of hydrogen-bond donors (Lipinski definition) is 1. The Hall–Kier alpha value is -1.55. The molecule has 0 bridgehead atoms. The Kier molecular flexibility index (Phi) is 2.96. The van der Waals surface area contributed by atoms with Crippen LogP contribution < -0.4 is 5.73 Å². The maximum absolute atomic E-state index is 6.10. The molecule has 1 aliphatic rings. The number of halogens is 2. The van der Waals surface area contributed by atoms with Crippen molar-refractivity contribution < 1.29 is 0 Å². The van der Waals surface area contributed by atoms with Crippen LogP contribution >= 0.6 is 34.5 Å². The third-order valence-electron chi connectivity index (χ3n) is 3.68. The average molecular weight is 333 g/mol. The van der Waals surface area contributed by atoms with Gasteiger partial charge in [-0.25, -0.2) is 4.98 Å². The zero-order valence-electron chi connectivity index (χ0n) is 10.9. The number of benzene rings is 2. The molecular formula is C16H10Cl2N2S. The molecule has 0 spiro atoms. The Labute approximate surface area is 136 Å². The largest absolute Gasteiger partial charge is 0.375 e. The van der Waals surface area contributed by atoms with Crippen molar-refractivity contribution in [2.24, 2.45) is 0 Å². The fraction of sp³-hybridized carbons (Fsp3) is 0.0625. The maximum atomic E-state index is 6.10. The second-order valence-electron chi connectivity index (χ2n) is 5.00. The predicted molar refractivity (Wildman–Crippen MR) is 90.2 cm³/mol. The van der Waals surface area contributed by atoms with Crippen LogP contribution in [0.25, 0.3) is 22.4 Å². The van der Waals surface area contributed by atoms with Crippen molar-refractivity contribution in [3.05, 3.63) is 56.9 Å². The highest BCUT2D eigenvalue weighted by atomic mass is 35.5. The molecule has 3 aromatic rings.